The first-order chi connectivity index (χ1) is 8.16. The van der Waals surface area contributed by atoms with Gasteiger partial charge in [-0.3, -0.25) is 4.68 Å². The summed E-state index contributed by atoms with van der Waals surface area (Å²) in [4.78, 5) is 0. The Labute approximate surface area is 106 Å². The van der Waals surface area contributed by atoms with Gasteiger partial charge in [0.2, 0.25) is 6.79 Å². The number of nitrogen functional groups attached to an aromatic ring is 1. The van der Waals surface area contributed by atoms with Crippen molar-refractivity contribution in [3.63, 3.8) is 0 Å². The fraction of sp³-hybridized carbons (Fsp3) is 0.182. The number of aryl methyl sites for hydroxylation is 1. The number of fused-ring (bicyclic) bond motifs is 1. The molecule has 0 saturated heterocycles. The first-order valence-corrected chi connectivity index (χ1v) is 5.83. The van der Waals surface area contributed by atoms with Crippen LogP contribution in [0.15, 0.2) is 22.8 Å². The number of rotatable bonds is 1. The number of nitrogens with two attached hydrogens (primary N) is 1. The third-order valence-electron chi connectivity index (χ3n) is 2.71. The lowest BCUT2D eigenvalue weighted by Crippen LogP contribution is -1.98. The van der Waals surface area contributed by atoms with Crippen LogP contribution in [0.2, 0.25) is 0 Å². The van der Waals surface area contributed by atoms with Crippen molar-refractivity contribution in [3.05, 3.63) is 22.8 Å². The molecule has 0 bridgehead atoms. The minimum atomic E-state index is 0.235. The standard InChI is InChI=1S/C11H10BrN3O2/c1-15-11(13)8(4-14-15)7-2-6(12)3-9-10(7)17-5-16-9/h2-4H,5,13H2,1H3. The molecule has 0 unspecified atom stereocenters. The highest BCUT2D eigenvalue weighted by atomic mass is 79.9. The van der Waals surface area contributed by atoms with Crippen LogP contribution in [0.5, 0.6) is 11.5 Å². The second kappa shape index (κ2) is 3.66. The van der Waals surface area contributed by atoms with Gasteiger partial charge in [0.1, 0.15) is 5.82 Å². The molecule has 5 nitrogen and oxygen atoms in total. The molecule has 2 N–H and O–H groups in total. The Morgan fingerprint density at radius 3 is 2.88 bits per heavy atom. The predicted molar refractivity (Wildman–Crippen MR) is 66.9 cm³/mol. The van der Waals surface area contributed by atoms with Gasteiger partial charge in [0.25, 0.3) is 0 Å². The van der Waals surface area contributed by atoms with E-state index >= 15 is 0 Å². The summed E-state index contributed by atoms with van der Waals surface area (Å²) in [6, 6.07) is 3.82. The molecular formula is C11H10BrN3O2. The monoisotopic (exact) mass is 295 g/mol. The normalized spacial score (nSPS) is 13.1. The first-order valence-electron chi connectivity index (χ1n) is 5.04. The number of ether oxygens (including phenoxy) is 2. The van der Waals surface area contributed by atoms with Crippen molar-refractivity contribution in [3.8, 4) is 22.6 Å². The zero-order valence-corrected chi connectivity index (χ0v) is 10.7. The third-order valence-corrected chi connectivity index (χ3v) is 3.17. The summed E-state index contributed by atoms with van der Waals surface area (Å²) in [6.07, 6.45) is 1.72. The molecular weight excluding hydrogens is 286 g/mol. The lowest BCUT2D eigenvalue weighted by Gasteiger charge is -2.06. The van der Waals surface area contributed by atoms with Gasteiger partial charge >= 0.3 is 0 Å². The minimum absolute atomic E-state index is 0.235. The van der Waals surface area contributed by atoms with Gasteiger partial charge in [-0.25, -0.2) is 0 Å². The number of halogens is 1. The highest BCUT2D eigenvalue weighted by Gasteiger charge is 2.22. The predicted octanol–water partition coefficient (Wildman–Crippen LogP) is 2.16. The van der Waals surface area contributed by atoms with Crippen LogP contribution in [-0.2, 0) is 7.05 Å². The lowest BCUT2D eigenvalue weighted by atomic mass is 10.1. The number of nitrogens with zero attached hydrogens (tertiary/aromatic N) is 2. The van der Waals surface area contributed by atoms with Crippen LogP contribution in [0.25, 0.3) is 11.1 Å². The Morgan fingerprint density at radius 2 is 2.18 bits per heavy atom. The minimum Gasteiger partial charge on any atom is -0.454 e. The molecule has 3 rings (SSSR count). The molecule has 17 heavy (non-hydrogen) atoms. The second-order valence-electron chi connectivity index (χ2n) is 3.75. The molecule has 1 aliphatic rings. The zero-order valence-electron chi connectivity index (χ0n) is 9.11. The highest BCUT2D eigenvalue weighted by Crippen LogP contribution is 2.44. The summed E-state index contributed by atoms with van der Waals surface area (Å²) < 4.78 is 13.4. The van der Waals surface area contributed by atoms with Crippen LogP contribution in [0, 0.1) is 0 Å². The molecule has 1 aromatic carbocycles. The average molecular weight is 296 g/mol. The molecule has 0 saturated carbocycles. The molecule has 2 aromatic rings. The molecule has 0 amide bonds. The van der Waals surface area contributed by atoms with Crippen LogP contribution in [0.3, 0.4) is 0 Å². The van der Waals surface area contributed by atoms with Gasteiger partial charge in [0, 0.05) is 22.6 Å². The number of aromatic nitrogens is 2. The van der Waals surface area contributed by atoms with E-state index in [1.807, 2.05) is 12.1 Å². The maximum absolute atomic E-state index is 5.97. The Balaban J connectivity index is 2.24. The maximum atomic E-state index is 5.97. The Morgan fingerprint density at radius 1 is 1.35 bits per heavy atom. The van der Waals surface area contributed by atoms with Gasteiger partial charge in [0.15, 0.2) is 11.5 Å². The van der Waals surface area contributed by atoms with Gasteiger partial charge in [-0.1, -0.05) is 15.9 Å². The van der Waals surface area contributed by atoms with Crippen molar-refractivity contribution in [2.45, 2.75) is 0 Å². The summed E-state index contributed by atoms with van der Waals surface area (Å²) in [5.74, 6) is 2.03. The van der Waals surface area contributed by atoms with Crippen molar-refractivity contribution in [1.82, 2.24) is 9.78 Å². The van der Waals surface area contributed by atoms with E-state index in [0.717, 1.165) is 21.3 Å². The van der Waals surface area contributed by atoms with Gasteiger partial charge < -0.3 is 15.2 Å². The number of anilines is 1. The highest BCUT2D eigenvalue weighted by molar-refractivity contribution is 9.10. The van der Waals surface area contributed by atoms with E-state index in [1.54, 1.807) is 17.9 Å². The molecule has 0 radical (unpaired) electrons. The third kappa shape index (κ3) is 1.56. The van der Waals surface area contributed by atoms with Crippen LogP contribution >= 0.6 is 15.9 Å². The van der Waals surface area contributed by atoms with Crippen LogP contribution in [0.1, 0.15) is 0 Å². The molecule has 0 aliphatic carbocycles. The van der Waals surface area contributed by atoms with E-state index in [9.17, 15) is 0 Å². The first kappa shape index (κ1) is 10.5. The number of hydrogen-bond acceptors (Lipinski definition) is 4. The van der Waals surface area contributed by atoms with E-state index < -0.39 is 0 Å². The molecule has 0 atom stereocenters. The Hall–Kier alpha value is -1.69. The fourth-order valence-corrected chi connectivity index (χ4v) is 2.27. The quantitative estimate of drug-likeness (QED) is 0.876. The Bertz CT molecular complexity index is 595. The summed E-state index contributed by atoms with van der Waals surface area (Å²) in [7, 11) is 1.80. The van der Waals surface area contributed by atoms with Crippen LogP contribution < -0.4 is 15.2 Å². The molecule has 2 heterocycles. The summed E-state index contributed by atoms with van der Waals surface area (Å²) in [6.45, 7) is 0.235. The SMILES string of the molecule is Cn1ncc(-c2cc(Br)cc3c2OCO3)c1N. The Kier molecular flexibility index (Phi) is 2.25. The van der Waals surface area contributed by atoms with Gasteiger partial charge in [-0.15, -0.1) is 0 Å². The molecule has 1 aromatic heterocycles. The van der Waals surface area contributed by atoms with Crippen molar-refractivity contribution in [2.24, 2.45) is 7.05 Å². The second-order valence-corrected chi connectivity index (χ2v) is 4.67. The van der Waals surface area contributed by atoms with Crippen LogP contribution in [0.4, 0.5) is 5.82 Å². The van der Waals surface area contributed by atoms with E-state index in [2.05, 4.69) is 21.0 Å². The lowest BCUT2D eigenvalue weighted by molar-refractivity contribution is 0.174. The molecule has 0 fully saturated rings. The summed E-state index contributed by atoms with van der Waals surface area (Å²) >= 11 is 3.44. The number of hydrogen-bond donors (Lipinski definition) is 1. The number of benzene rings is 1. The smallest absolute Gasteiger partial charge is 0.231 e. The molecule has 6 heteroatoms. The van der Waals surface area contributed by atoms with Gasteiger partial charge in [0.05, 0.1) is 6.20 Å². The summed E-state index contributed by atoms with van der Waals surface area (Å²) in [5.41, 5.74) is 7.70. The maximum Gasteiger partial charge on any atom is 0.231 e. The van der Waals surface area contributed by atoms with E-state index in [1.165, 1.54) is 0 Å². The summed E-state index contributed by atoms with van der Waals surface area (Å²) in [5, 5.41) is 4.13. The van der Waals surface area contributed by atoms with E-state index in [-0.39, 0.29) is 6.79 Å². The fourth-order valence-electron chi connectivity index (χ4n) is 1.83. The van der Waals surface area contributed by atoms with Crippen molar-refractivity contribution >= 4 is 21.7 Å². The zero-order chi connectivity index (χ0) is 12.0. The van der Waals surface area contributed by atoms with Gasteiger partial charge in [-0.05, 0) is 12.1 Å². The van der Waals surface area contributed by atoms with Crippen molar-refractivity contribution in [2.75, 3.05) is 12.5 Å². The topological polar surface area (TPSA) is 62.3 Å². The van der Waals surface area contributed by atoms with Gasteiger partial charge in [-0.2, -0.15) is 5.10 Å². The molecule has 1 aliphatic heterocycles. The van der Waals surface area contributed by atoms with Crippen molar-refractivity contribution < 1.29 is 9.47 Å². The molecule has 0 spiro atoms. The van der Waals surface area contributed by atoms with Crippen LogP contribution in [-0.4, -0.2) is 16.6 Å². The van der Waals surface area contributed by atoms with Crippen molar-refractivity contribution in [1.29, 1.82) is 0 Å². The van der Waals surface area contributed by atoms with E-state index in [4.69, 9.17) is 15.2 Å². The average Bonchev–Trinajstić information content (AvgIpc) is 2.87. The van der Waals surface area contributed by atoms with E-state index in [0.29, 0.717) is 11.6 Å². The molecule has 88 valence electrons. The largest absolute Gasteiger partial charge is 0.454 e.